The molecule has 0 amide bonds. The summed E-state index contributed by atoms with van der Waals surface area (Å²) < 4.78 is 45.6. The summed E-state index contributed by atoms with van der Waals surface area (Å²) >= 11 is 0. The Kier molecular flexibility index (Phi) is 5.66. The van der Waals surface area contributed by atoms with E-state index in [-0.39, 0.29) is 5.65 Å². The molecular formula is C20H22F3N5O. The van der Waals surface area contributed by atoms with Crippen molar-refractivity contribution in [3.05, 3.63) is 42.2 Å². The average molecular weight is 405 g/mol. The van der Waals surface area contributed by atoms with Crippen molar-refractivity contribution in [1.29, 1.82) is 0 Å². The molecule has 0 aliphatic carbocycles. The minimum Gasteiger partial charge on any atom is -0.494 e. The van der Waals surface area contributed by atoms with E-state index in [0.717, 1.165) is 23.2 Å². The molecule has 1 aliphatic heterocycles. The lowest BCUT2D eigenvalue weighted by molar-refractivity contribution is -0.146. The maximum absolute atomic E-state index is 13.0. The highest BCUT2D eigenvalue weighted by Crippen LogP contribution is 2.28. The molecule has 1 aromatic carbocycles. The maximum atomic E-state index is 13.0. The summed E-state index contributed by atoms with van der Waals surface area (Å²) in [6.45, 7) is 4.03. The molecule has 0 unspecified atom stereocenters. The van der Waals surface area contributed by atoms with E-state index in [9.17, 15) is 13.2 Å². The lowest BCUT2D eigenvalue weighted by atomic mass is 10.1. The second-order valence-corrected chi connectivity index (χ2v) is 7.14. The summed E-state index contributed by atoms with van der Waals surface area (Å²) in [4.78, 5) is 2.47. The van der Waals surface area contributed by atoms with E-state index in [4.69, 9.17) is 4.74 Å². The molecule has 0 saturated carbocycles. The summed E-state index contributed by atoms with van der Waals surface area (Å²) in [5, 5.41) is 10.8. The molecule has 1 fully saturated rings. The van der Waals surface area contributed by atoms with Crippen LogP contribution in [0.1, 0.15) is 31.5 Å². The Labute approximate surface area is 166 Å². The minimum absolute atomic E-state index is 0.0507. The van der Waals surface area contributed by atoms with Crippen molar-refractivity contribution in [1.82, 2.24) is 24.7 Å². The van der Waals surface area contributed by atoms with E-state index in [0.29, 0.717) is 17.9 Å². The Morgan fingerprint density at radius 1 is 0.931 bits per heavy atom. The summed E-state index contributed by atoms with van der Waals surface area (Å²) in [6.07, 6.45) is 0.240. The number of piperidine rings is 1. The number of likely N-dealkylation sites (tertiary alicyclic amines) is 1. The van der Waals surface area contributed by atoms with Gasteiger partial charge in [-0.1, -0.05) is 6.42 Å². The fourth-order valence-corrected chi connectivity index (χ4v) is 3.50. The number of rotatable bonds is 6. The fourth-order valence-electron chi connectivity index (χ4n) is 3.50. The minimum atomic E-state index is -4.61. The molecule has 0 radical (unpaired) electrons. The molecule has 2 aromatic heterocycles. The van der Waals surface area contributed by atoms with Crippen LogP contribution in [-0.2, 0) is 6.18 Å². The highest BCUT2D eigenvalue weighted by Gasteiger charge is 2.37. The van der Waals surface area contributed by atoms with Gasteiger partial charge in [0.2, 0.25) is 0 Å². The van der Waals surface area contributed by atoms with Gasteiger partial charge < -0.3 is 9.64 Å². The van der Waals surface area contributed by atoms with E-state index < -0.39 is 12.0 Å². The topological polar surface area (TPSA) is 55.6 Å². The van der Waals surface area contributed by atoms with Crippen molar-refractivity contribution in [2.75, 3.05) is 26.2 Å². The first-order valence-electron chi connectivity index (χ1n) is 9.76. The average Bonchev–Trinajstić information content (AvgIpc) is 3.16. The summed E-state index contributed by atoms with van der Waals surface area (Å²) in [7, 11) is 0. The largest absolute Gasteiger partial charge is 0.494 e. The SMILES string of the molecule is FC(F)(F)c1nnc2ccc(-c3ccc(OCCCN4CCCCC4)cc3)nn12. The lowest BCUT2D eigenvalue weighted by Crippen LogP contribution is -2.31. The first-order valence-corrected chi connectivity index (χ1v) is 9.76. The van der Waals surface area contributed by atoms with Gasteiger partial charge in [-0.3, -0.25) is 0 Å². The lowest BCUT2D eigenvalue weighted by Gasteiger charge is -2.26. The van der Waals surface area contributed by atoms with Gasteiger partial charge in [0.05, 0.1) is 12.3 Å². The first-order chi connectivity index (χ1) is 14.0. The van der Waals surface area contributed by atoms with E-state index >= 15 is 0 Å². The van der Waals surface area contributed by atoms with Crippen LogP contribution in [0.3, 0.4) is 0 Å². The molecule has 3 heterocycles. The summed E-state index contributed by atoms with van der Waals surface area (Å²) in [5.74, 6) is -0.406. The van der Waals surface area contributed by atoms with Gasteiger partial charge in [-0.05, 0) is 68.8 Å². The van der Waals surface area contributed by atoms with Crippen molar-refractivity contribution in [3.63, 3.8) is 0 Å². The molecule has 1 saturated heterocycles. The zero-order valence-electron chi connectivity index (χ0n) is 15.9. The number of aromatic nitrogens is 4. The van der Waals surface area contributed by atoms with Gasteiger partial charge in [-0.25, -0.2) is 0 Å². The number of ether oxygens (including phenoxy) is 1. The van der Waals surface area contributed by atoms with Crippen molar-refractivity contribution in [2.45, 2.75) is 31.9 Å². The van der Waals surface area contributed by atoms with Crippen LogP contribution in [0.15, 0.2) is 36.4 Å². The molecule has 3 aromatic rings. The molecule has 0 spiro atoms. The molecule has 0 bridgehead atoms. The summed E-state index contributed by atoms with van der Waals surface area (Å²) in [6, 6.07) is 10.3. The Morgan fingerprint density at radius 2 is 1.69 bits per heavy atom. The second kappa shape index (κ2) is 8.36. The number of hydrogen-bond acceptors (Lipinski definition) is 5. The molecule has 1 aliphatic rings. The van der Waals surface area contributed by atoms with Gasteiger partial charge in [0.1, 0.15) is 5.75 Å². The van der Waals surface area contributed by atoms with Crippen molar-refractivity contribution in [3.8, 4) is 17.0 Å². The van der Waals surface area contributed by atoms with Crippen molar-refractivity contribution < 1.29 is 17.9 Å². The van der Waals surface area contributed by atoms with E-state index in [1.165, 1.54) is 38.4 Å². The second-order valence-electron chi connectivity index (χ2n) is 7.14. The first kappa shape index (κ1) is 19.6. The smallest absolute Gasteiger partial charge is 0.453 e. The van der Waals surface area contributed by atoms with Gasteiger partial charge >= 0.3 is 6.18 Å². The van der Waals surface area contributed by atoms with E-state index in [1.54, 1.807) is 30.3 Å². The quantitative estimate of drug-likeness (QED) is 0.579. The van der Waals surface area contributed by atoms with Crippen LogP contribution >= 0.6 is 0 Å². The Bertz CT molecular complexity index is 949. The van der Waals surface area contributed by atoms with E-state index in [1.807, 2.05) is 0 Å². The Morgan fingerprint density at radius 3 is 2.41 bits per heavy atom. The number of benzene rings is 1. The molecule has 29 heavy (non-hydrogen) atoms. The Hall–Kier alpha value is -2.68. The standard InChI is InChI=1S/C20H22F3N5O/c21-20(22,23)19-25-24-18-10-9-17(26-28(18)19)15-5-7-16(8-6-15)29-14-4-13-27-11-2-1-3-12-27/h5-10H,1-4,11-14H2. The molecule has 0 N–H and O–H groups in total. The normalized spacial score (nSPS) is 15.7. The highest BCUT2D eigenvalue weighted by molar-refractivity contribution is 5.61. The third-order valence-electron chi connectivity index (χ3n) is 5.00. The van der Waals surface area contributed by atoms with Crippen LogP contribution in [0.4, 0.5) is 13.2 Å². The number of fused-ring (bicyclic) bond motifs is 1. The molecular weight excluding hydrogens is 383 g/mol. The predicted molar refractivity (Wildman–Crippen MR) is 102 cm³/mol. The van der Waals surface area contributed by atoms with Gasteiger partial charge in [0, 0.05) is 12.1 Å². The number of nitrogens with zero attached hydrogens (tertiary/aromatic N) is 5. The third kappa shape index (κ3) is 4.67. The van der Waals surface area contributed by atoms with Gasteiger partial charge in [0.25, 0.3) is 5.82 Å². The summed E-state index contributed by atoms with van der Waals surface area (Å²) in [5.41, 5.74) is 1.14. The molecule has 154 valence electrons. The molecule has 0 atom stereocenters. The zero-order chi connectivity index (χ0) is 20.3. The number of halogens is 3. The van der Waals surface area contributed by atoms with Crippen LogP contribution in [0.5, 0.6) is 5.75 Å². The highest BCUT2D eigenvalue weighted by atomic mass is 19.4. The van der Waals surface area contributed by atoms with Crippen LogP contribution < -0.4 is 4.74 Å². The monoisotopic (exact) mass is 405 g/mol. The van der Waals surface area contributed by atoms with Crippen LogP contribution in [0.2, 0.25) is 0 Å². The van der Waals surface area contributed by atoms with Gasteiger partial charge in [-0.2, -0.15) is 22.8 Å². The van der Waals surface area contributed by atoms with Crippen LogP contribution in [0.25, 0.3) is 16.9 Å². The molecule has 6 nitrogen and oxygen atoms in total. The van der Waals surface area contributed by atoms with Crippen molar-refractivity contribution >= 4 is 5.65 Å². The number of alkyl halides is 3. The molecule has 4 rings (SSSR count). The van der Waals surface area contributed by atoms with Crippen LogP contribution in [0, 0.1) is 0 Å². The van der Waals surface area contributed by atoms with Crippen molar-refractivity contribution in [2.24, 2.45) is 0 Å². The Balaban J connectivity index is 1.38. The zero-order valence-corrected chi connectivity index (χ0v) is 15.9. The third-order valence-corrected chi connectivity index (χ3v) is 5.00. The van der Waals surface area contributed by atoms with Crippen LogP contribution in [-0.4, -0.2) is 51.0 Å². The predicted octanol–water partition coefficient (Wildman–Crippen LogP) is 4.06. The maximum Gasteiger partial charge on any atom is 0.453 e. The van der Waals surface area contributed by atoms with E-state index in [2.05, 4.69) is 20.2 Å². The van der Waals surface area contributed by atoms with Gasteiger partial charge in [0.15, 0.2) is 5.65 Å². The molecule has 9 heteroatoms. The van der Waals surface area contributed by atoms with Gasteiger partial charge in [-0.15, -0.1) is 10.2 Å². The fraction of sp³-hybridized carbons (Fsp3) is 0.450. The number of hydrogen-bond donors (Lipinski definition) is 0.